The Balaban J connectivity index is 2.13. The normalized spacial score (nSPS) is 11.3. The number of rotatable bonds is 12. The van der Waals surface area contributed by atoms with E-state index < -0.39 is 36.3 Å². The van der Waals surface area contributed by atoms with E-state index in [1.807, 2.05) is 5.38 Å². The van der Waals surface area contributed by atoms with Crippen LogP contribution in [0.4, 0.5) is 5.69 Å². The fourth-order valence-electron chi connectivity index (χ4n) is 3.57. The number of carbonyl (C=O) groups excluding carboxylic acids is 4. The third-order valence-electron chi connectivity index (χ3n) is 5.32. The van der Waals surface area contributed by atoms with Crippen LogP contribution in [0, 0.1) is 0 Å². The highest BCUT2D eigenvalue weighted by Gasteiger charge is 2.36. The second-order valence-corrected chi connectivity index (χ2v) is 9.50. The molecule has 0 saturated carbocycles. The van der Waals surface area contributed by atoms with Crippen molar-refractivity contribution in [3.05, 3.63) is 56.7 Å². The zero-order valence-corrected chi connectivity index (χ0v) is 22.5. The van der Waals surface area contributed by atoms with Gasteiger partial charge in [0.25, 0.3) is 11.8 Å². The number of nitrogens with zero attached hydrogens (tertiary/aromatic N) is 2. The van der Waals surface area contributed by atoms with E-state index in [0.29, 0.717) is 28.6 Å². The van der Waals surface area contributed by atoms with Crippen LogP contribution in [0.2, 0.25) is 0 Å². The van der Waals surface area contributed by atoms with Crippen LogP contribution in [0.25, 0.3) is 0 Å². The molecule has 1 unspecified atom stereocenters. The molecule has 0 spiro atoms. The highest BCUT2D eigenvalue weighted by molar-refractivity contribution is 7.10. The van der Waals surface area contributed by atoms with Crippen LogP contribution in [0.15, 0.2) is 35.7 Å². The summed E-state index contributed by atoms with van der Waals surface area (Å²) in [4.78, 5) is 53.2. The van der Waals surface area contributed by atoms with Crippen molar-refractivity contribution in [2.45, 2.75) is 19.5 Å². The Morgan fingerprint density at radius 3 is 2.45 bits per heavy atom. The van der Waals surface area contributed by atoms with E-state index in [4.69, 9.17) is 25.7 Å². The lowest BCUT2D eigenvalue weighted by molar-refractivity contribution is -0.143. The molecule has 2 heterocycles. The largest absolute Gasteiger partial charge is 0.493 e. The van der Waals surface area contributed by atoms with Gasteiger partial charge in [0, 0.05) is 4.88 Å². The maximum atomic E-state index is 13.9. The minimum absolute atomic E-state index is 0.00554. The zero-order valence-electron chi connectivity index (χ0n) is 20.9. The van der Waals surface area contributed by atoms with Crippen molar-refractivity contribution in [2.24, 2.45) is 5.73 Å². The number of nitrogen functional groups attached to an aromatic ring is 1. The average molecular weight is 562 g/mol. The molecule has 0 bridgehead atoms. The molecule has 0 aliphatic carbocycles. The van der Waals surface area contributed by atoms with Gasteiger partial charge in [-0.1, -0.05) is 12.1 Å². The summed E-state index contributed by atoms with van der Waals surface area (Å²) in [7, 11) is 2.91. The van der Waals surface area contributed by atoms with Gasteiger partial charge in [-0.2, -0.15) is 4.37 Å². The summed E-state index contributed by atoms with van der Waals surface area (Å²) in [5.41, 5.74) is 11.3. The van der Waals surface area contributed by atoms with Gasteiger partial charge in [-0.25, -0.2) is 0 Å². The minimum atomic E-state index is -1.25. The number of nitrogens with two attached hydrogens (primary N) is 2. The second kappa shape index (κ2) is 12.9. The summed E-state index contributed by atoms with van der Waals surface area (Å²) in [5.74, 6) is -2.10. The van der Waals surface area contributed by atoms with Crippen molar-refractivity contribution in [3.63, 3.8) is 0 Å². The van der Waals surface area contributed by atoms with Crippen LogP contribution < -0.4 is 26.3 Å². The Morgan fingerprint density at radius 1 is 1.13 bits per heavy atom. The van der Waals surface area contributed by atoms with Gasteiger partial charge in [0.15, 0.2) is 17.2 Å². The predicted octanol–water partition coefficient (Wildman–Crippen LogP) is 1.97. The molecule has 12 nitrogen and oxygen atoms in total. The Hall–Kier alpha value is -4.17. The van der Waals surface area contributed by atoms with Crippen LogP contribution in [0.5, 0.6) is 11.5 Å². The van der Waals surface area contributed by atoms with Crippen molar-refractivity contribution in [2.75, 3.05) is 33.1 Å². The van der Waals surface area contributed by atoms with E-state index in [9.17, 15) is 19.2 Å². The molecule has 0 saturated heterocycles. The third kappa shape index (κ3) is 6.39. The average Bonchev–Trinajstić information content (AvgIpc) is 3.56. The monoisotopic (exact) mass is 561 g/mol. The molecule has 1 aromatic carbocycles. The number of aromatic nitrogens is 1. The van der Waals surface area contributed by atoms with Crippen molar-refractivity contribution in [3.8, 4) is 11.5 Å². The molecular formula is C24H27N5O7S2. The molecule has 38 heavy (non-hydrogen) atoms. The number of benzene rings is 1. The molecule has 2 aromatic heterocycles. The van der Waals surface area contributed by atoms with Gasteiger partial charge < -0.3 is 35.9 Å². The first-order chi connectivity index (χ1) is 18.2. The Bertz CT molecular complexity index is 1310. The maximum absolute atomic E-state index is 13.9. The lowest BCUT2D eigenvalue weighted by Crippen LogP contribution is -2.44. The molecule has 0 aliphatic rings. The molecule has 3 aromatic rings. The Morgan fingerprint density at radius 2 is 1.87 bits per heavy atom. The number of methoxy groups -OCH3 is 2. The molecule has 5 N–H and O–H groups in total. The van der Waals surface area contributed by atoms with Gasteiger partial charge in [0.05, 0.1) is 33.1 Å². The summed E-state index contributed by atoms with van der Waals surface area (Å²) >= 11 is 2.08. The maximum Gasteiger partial charge on any atom is 0.325 e. The molecule has 0 fully saturated rings. The topological polar surface area (TPSA) is 176 Å². The standard InChI is InChI=1S/C24H27N5O7S2/c1-4-36-17(30)11-27-23(32)20(13-7-8-15(34-2)16(10-13)35-3)29(12-14-6-5-9-37-14)24(33)21-18(25)19(22(26)31)28-38-21/h5-10,20H,4,11-12,25H2,1-3H3,(H2,26,31)(H,27,32). The second-order valence-electron chi connectivity index (χ2n) is 7.69. The van der Waals surface area contributed by atoms with Gasteiger partial charge in [0.1, 0.15) is 17.5 Å². The Labute approximate surface area is 226 Å². The summed E-state index contributed by atoms with van der Waals surface area (Å²) in [6, 6.07) is 7.12. The first-order valence-electron chi connectivity index (χ1n) is 11.2. The van der Waals surface area contributed by atoms with E-state index in [1.165, 1.54) is 30.5 Å². The molecule has 0 aliphatic heterocycles. The van der Waals surface area contributed by atoms with Gasteiger partial charge in [0.2, 0.25) is 5.91 Å². The van der Waals surface area contributed by atoms with Crippen LogP contribution >= 0.6 is 22.9 Å². The van der Waals surface area contributed by atoms with Crippen molar-refractivity contribution in [1.29, 1.82) is 0 Å². The molecule has 3 amide bonds. The van der Waals surface area contributed by atoms with Crippen LogP contribution in [0.1, 0.15) is 43.6 Å². The quantitative estimate of drug-likeness (QED) is 0.279. The fourth-order valence-corrected chi connectivity index (χ4v) is 5.04. The fraction of sp³-hybridized carbons (Fsp3) is 0.292. The first-order valence-corrected chi connectivity index (χ1v) is 12.9. The molecule has 1 atom stereocenters. The van der Waals surface area contributed by atoms with Gasteiger partial charge >= 0.3 is 5.97 Å². The van der Waals surface area contributed by atoms with Gasteiger partial charge in [-0.3, -0.25) is 19.2 Å². The zero-order chi connectivity index (χ0) is 27.8. The molecule has 3 rings (SSSR count). The lowest BCUT2D eigenvalue weighted by atomic mass is 10.0. The van der Waals surface area contributed by atoms with Crippen molar-refractivity contribution >= 4 is 52.2 Å². The SMILES string of the molecule is CCOC(=O)CNC(=O)C(c1ccc(OC)c(OC)c1)N(Cc1cccs1)C(=O)c1snc(C(N)=O)c1N. The van der Waals surface area contributed by atoms with Crippen LogP contribution in [0.3, 0.4) is 0 Å². The van der Waals surface area contributed by atoms with E-state index in [1.54, 1.807) is 37.3 Å². The van der Waals surface area contributed by atoms with E-state index in [2.05, 4.69) is 9.69 Å². The van der Waals surface area contributed by atoms with E-state index in [0.717, 1.165) is 4.88 Å². The molecular weight excluding hydrogens is 534 g/mol. The molecule has 14 heteroatoms. The van der Waals surface area contributed by atoms with E-state index >= 15 is 0 Å². The number of thiophene rings is 1. The van der Waals surface area contributed by atoms with Crippen LogP contribution in [-0.2, 0) is 20.9 Å². The van der Waals surface area contributed by atoms with Gasteiger partial charge in [-0.05, 0) is 47.6 Å². The molecule has 202 valence electrons. The third-order valence-corrected chi connectivity index (χ3v) is 7.03. The summed E-state index contributed by atoms with van der Waals surface area (Å²) in [6.07, 6.45) is 0. The van der Waals surface area contributed by atoms with Gasteiger partial charge in [-0.15, -0.1) is 11.3 Å². The number of ether oxygens (including phenoxy) is 3. The number of hydrogen-bond donors (Lipinski definition) is 3. The smallest absolute Gasteiger partial charge is 0.325 e. The number of nitrogens with one attached hydrogen (secondary N) is 1. The summed E-state index contributed by atoms with van der Waals surface area (Å²) in [5, 5.41) is 4.37. The number of hydrogen-bond acceptors (Lipinski definition) is 11. The Kier molecular flexibility index (Phi) is 9.62. The first kappa shape index (κ1) is 28.4. The lowest BCUT2D eigenvalue weighted by Gasteiger charge is -2.31. The minimum Gasteiger partial charge on any atom is -0.493 e. The summed E-state index contributed by atoms with van der Waals surface area (Å²) in [6.45, 7) is 1.38. The van der Waals surface area contributed by atoms with Crippen LogP contribution in [-0.4, -0.2) is 60.3 Å². The van der Waals surface area contributed by atoms with Crippen molar-refractivity contribution < 1.29 is 33.4 Å². The summed E-state index contributed by atoms with van der Waals surface area (Å²) < 4.78 is 19.5. The number of esters is 1. The van der Waals surface area contributed by atoms with Crippen molar-refractivity contribution in [1.82, 2.24) is 14.6 Å². The van der Waals surface area contributed by atoms with E-state index in [-0.39, 0.29) is 29.4 Å². The predicted molar refractivity (Wildman–Crippen MR) is 141 cm³/mol. The highest BCUT2D eigenvalue weighted by atomic mass is 32.1. The number of primary amides is 1. The number of carbonyl (C=O) groups is 4. The highest BCUT2D eigenvalue weighted by Crippen LogP contribution is 2.35. The number of anilines is 1. The molecule has 0 radical (unpaired) electrons. The number of amides is 3.